The molecule has 0 radical (unpaired) electrons. The molecule has 0 aliphatic rings. The van der Waals surface area contributed by atoms with Gasteiger partial charge in [0.15, 0.2) is 11.6 Å². The largest absolute Gasteiger partial charge is 0.487 e. The predicted molar refractivity (Wildman–Crippen MR) is 64.0 cm³/mol. The molecule has 0 saturated carbocycles. The van der Waals surface area contributed by atoms with Crippen molar-refractivity contribution in [3.63, 3.8) is 0 Å². The molecule has 0 amide bonds. The Morgan fingerprint density at radius 2 is 2.00 bits per heavy atom. The number of esters is 1. The highest BCUT2D eigenvalue weighted by molar-refractivity contribution is 5.69. The summed E-state index contributed by atoms with van der Waals surface area (Å²) >= 11 is 0. The molecule has 0 aliphatic carbocycles. The van der Waals surface area contributed by atoms with Crippen LogP contribution in [0.2, 0.25) is 0 Å². The molecule has 0 saturated heterocycles. The van der Waals surface area contributed by atoms with Crippen LogP contribution in [-0.2, 0) is 14.3 Å². The molecule has 0 atom stereocenters. The number of rotatable bonds is 8. The number of carbonyl (C=O) groups is 1. The fraction of sp³-hybridized carbons (Fsp3) is 0.462. The summed E-state index contributed by atoms with van der Waals surface area (Å²) in [7, 11) is 1.58. The molecule has 100 valence electrons. The molecule has 0 spiro atoms. The Morgan fingerprint density at radius 3 is 2.72 bits per heavy atom. The maximum Gasteiger partial charge on any atom is 0.305 e. The van der Waals surface area contributed by atoms with Crippen molar-refractivity contribution < 1.29 is 23.4 Å². The minimum atomic E-state index is -0.427. The number of hydrogen-bond acceptors (Lipinski definition) is 4. The second-order valence-electron chi connectivity index (χ2n) is 3.60. The maximum absolute atomic E-state index is 13.1. The zero-order chi connectivity index (χ0) is 13.2. The minimum absolute atomic E-state index is 0.111. The van der Waals surface area contributed by atoms with Gasteiger partial charge in [0, 0.05) is 20.1 Å². The molecule has 0 N–H and O–H groups in total. The van der Waals surface area contributed by atoms with Gasteiger partial charge >= 0.3 is 5.97 Å². The van der Waals surface area contributed by atoms with Gasteiger partial charge in [-0.25, -0.2) is 4.39 Å². The van der Waals surface area contributed by atoms with E-state index < -0.39 is 5.82 Å². The van der Waals surface area contributed by atoms with Gasteiger partial charge in [-0.3, -0.25) is 4.79 Å². The number of methoxy groups -OCH3 is 1. The van der Waals surface area contributed by atoms with Crippen molar-refractivity contribution in [3.05, 3.63) is 30.1 Å². The highest BCUT2D eigenvalue weighted by atomic mass is 19.1. The Morgan fingerprint density at radius 1 is 1.22 bits per heavy atom. The van der Waals surface area contributed by atoms with E-state index >= 15 is 0 Å². The van der Waals surface area contributed by atoms with Crippen LogP contribution < -0.4 is 4.74 Å². The van der Waals surface area contributed by atoms with Crippen molar-refractivity contribution in [1.82, 2.24) is 0 Å². The van der Waals surface area contributed by atoms with Gasteiger partial charge in [-0.2, -0.15) is 0 Å². The molecule has 0 fully saturated rings. The van der Waals surface area contributed by atoms with Crippen LogP contribution in [0.1, 0.15) is 12.8 Å². The number of ether oxygens (including phenoxy) is 3. The predicted octanol–water partition coefficient (Wildman–Crippen LogP) is 2.17. The molecule has 1 rings (SSSR count). The molecular formula is C13H17FO4. The quantitative estimate of drug-likeness (QED) is 0.528. The average Bonchev–Trinajstić information content (AvgIpc) is 2.37. The van der Waals surface area contributed by atoms with Crippen LogP contribution >= 0.6 is 0 Å². The molecule has 1 aromatic carbocycles. The van der Waals surface area contributed by atoms with E-state index in [0.29, 0.717) is 19.4 Å². The van der Waals surface area contributed by atoms with Crippen LogP contribution in [0.3, 0.4) is 0 Å². The van der Waals surface area contributed by atoms with E-state index in [0.717, 1.165) is 0 Å². The number of halogens is 1. The number of para-hydroxylation sites is 1. The summed E-state index contributed by atoms with van der Waals surface area (Å²) in [6, 6.07) is 6.09. The molecule has 4 nitrogen and oxygen atoms in total. The highest BCUT2D eigenvalue weighted by Gasteiger charge is 2.04. The van der Waals surface area contributed by atoms with Gasteiger partial charge < -0.3 is 14.2 Å². The Kier molecular flexibility index (Phi) is 6.79. The molecule has 0 aliphatic heterocycles. The van der Waals surface area contributed by atoms with Gasteiger partial charge in [-0.05, 0) is 18.6 Å². The van der Waals surface area contributed by atoms with Crippen molar-refractivity contribution >= 4 is 5.97 Å². The molecule has 1 aromatic rings. The van der Waals surface area contributed by atoms with Crippen LogP contribution in [0.5, 0.6) is 5.75 Å². The lowest BCUT2D eigenvalue weighted by molar-refractivity contribution is -0.144. The Labute approximate surface area is 106 Å². The number of carbonyl (C=O) groups excluding carboxylic acids is 1. The lowest BCUT2D eigenvalue weighted by Gasteiger charge is -2.07. The zero-order valence-electron chi connectivity index (χ0n) is 10.4. The van der Waals surface area contributed by atoms with Crippen molar-refractivity contribution in [2.24, 2.45) is 0 Å². The SMILES string of the molecule is COCCCC(=O)OCCOc1ccccc1F. The average molecular weight is 256 g/mol. The first-order valence-electron chi connectivity index (χ1n) is 5.76. The number of hydrogen-bond donors (Lipinski definition) is 0. The van der Waals surface area contributed by atoms with E-state index in [1.54, 1.807) is 19.2 Å². The van der Waals surface area contributed by atoms with Crippen molar-refractivity contribution in [3.8, 4) is 5.75 Å². The zero-order valence-corrected chi connectivity index (χ0v) is 10.4. The summed E-state index contributed by atoms with van der Waals surface area (Å²) in [4.78, 5) is 11.2. The fourth-order valence-corrected chi connectivity index (χ4v) is 1.30. The topological polar surface area (TPSA) is 44.8 Å². The van der Waals surface area contributed by atoms with Crippen LogP contribution in [0.4, 0.5) is 4.39 Å². The minimum Gasteiger partial charge on any atom is -0.487 e. The smallest absolute Gasteiger partial charge is 0.305 e. The second-order valence-corrected chi connectivity index (χ2v) is 3.60. The van der Waals surface area contributed by atoms with E-state index in [-0.39, 0.29) is 24.9 Å². The summed E-state index contributed by atoms with van der Waals surface area (Å²) in [6.45, 7) is 0.776. The summed E-state index contributed by atoms with van der Waals surface area (Å²) in [5.74, 6) is -0.568. The van der Waals surface area contributed by atoms with E-state index in [4.69, 9.17) is 14.2 Å². The Bertz CT molecular complexity index is 368. The van der Waals surface area contributed by atoms with Gasteiger partial charge in [-0.15, -0.1) is 0 Å². The van der Waals surface area contributed by atoms with Crippen molar-refractivity contribution in [2.75, 3.05) is 26.9 Å². The van der Waals surface area contributed by atoms with Gasteiger partial charge in [0.2, 0.25) is 0 Å². The second kappa shape index (κ2) is 8.47. The Balaban J connectivity index is 2.12. The van der Waals surface area contributed by atoms with Crippen LogP contribution in [0.25, 0.3) is 0 Å². The van der Waals surface area contributed by atoms with Gasteiger partial charge in [0.1, 0.15) is 13.2 Å². The fourth-order valence-electron chi connectivity index (χ4n) is 1.30. The molecule has 0 aromatic heterocycles. The molecular weight excluding hydrogens is 239 g/mol. The number of benzene rings is 1. The first kappa shape index (κ1) is 14.4. The molecule has 5 heteroatoms. The Hall–Kier alpha value is -1.62. The molecule has 0 unspecified atom stereocenters. The highest BCUT2D eigenvalue weighted by Crippen LogP contribution is 2.14. The summed E-state index contributed by atoms with van der Waals surface area (Å²) < 4.78 is 28.0. The monoisotopic (exact) mass is 256 g/mol. The third-order valence-electron chi connectivity index (χ3n) is 2.17. The standard InChI is InChI=1S/C13H17FO4/c1-16-8-4-7-13(15)18-10-9-17-12-6-3-2-5-11(12)14/h2-3,5-6H,4,7-10H2,1H3. The van der Waals surface area contributed by atoms with Crippen molar-refractivity contribution in [1.29, 1.82) is 0 Å². The van der Waals surface area contributed by atoms with Gasteiger partial charge in [0.25, 0.3) is 0 Å². The van der Waals surface area contributed by atoms with Gasteiger partial charge in [-0.1, -0.05) is 12.1 Å². The van der Waals surface area contributed by atoms with E-state index in [2.05, 4.69) is 0 Å². The lowest BCUT2D eigenvalue weighted by Crippen LogP contribution is -2.12. The van der Waals surface area contributed by atoms with Gasteiger partial charge in [0.05, 0.1) is 0 Å². The third kappa shape index (κ3) is 5.63. The van der Waals surface area contributed by atoms with Crippen LogP contribution in [-0.4, -0.2) is 32.9 Å². The first-order chi connectivity index (χ1) is 8.74. The third-order valence-corrected chi connectivity index (χ3v) is 2.17. The molecule has 18 heavy (non-hydrogen) atoms. The van der Waals surface area contributed by atoms with E-state index in [1.807, 2.05) is 0 Å². The first-order valence-corrected chi connectivity index (χ1v) is 5.76. The van der Waals surface area contributed by atoms with E-state index in [1.165, 1.54) is 12.1 Å². The van der Waals surface area contributed by atoms with Crippen LogP contribution in [0.15, 0.2) is 24.3 Å². The van der Waals surface area contributed by atoms with Crippen LogP contribution in [0, 0.1) is 5.82 Å². The summed E-state index contributed by atoms with van der Waals surface area (Å²) in [5, 5.41) is 0. The normalized spacial score (nSPS) is 10.1. The lowest BCUT2D eigenvalue weighted by atomic mass is 10.3. The summed E-state index contributed by atoms with van der Waals surface area (Å²) in [5.41, 5.74) is 0. The van der Waals surface area contributed by atoms with Crippen molar-refractivity contribution in [2.45, 2.75) is 12.8 Å². The molecule has 0 heterocycles. The van der Waals surface area contributed by atoms with E-state index in [9.17, 15) is 9.18 Å². The molecule has 0 bridgehead atoms. The summed E-state index contributed by atoms with van der Waals surface area (Å²) in [6.07, 6.45) is 0.942. The maximum atomic E-state index is 13.1.